The molecule has 1 atom stereocenters. The first-order valence-corrected chi connectivity index (χ1v) is 11.7. The van der Waals surface area contributed by atoms with Gasteiger partial charge in [0.25, 0.3) is 5.91 Å². The zero-order chi connectivity index (χ0) is 24.7. The van der Waals surface area contributed by atoms with Gasteiger partial charge < -0.3 is 15.0 Å². The Morgan fingerprint density at radius 1 is 0.941 bits per heavy atom. The smallest absolute Gasteiger partial charge is 0.261 e. The number of benzene rings is 3. The summed E-state index contributed by atoms with van der Waals surface area (Å²) in [5.41, 5.74) is 3.53. The molecule has 0 saturated carbocycles. The van der Waals surface area contributed by atoms with Gasteiger partial charge in [0.2, 0.25) is 5.91 Å². The van der Waals surface area contributed by atoms with Crippen LogP contribution in [-0.4, -0.2) is 36.4 Å². The maximum Gasteiger partial charge on any atom is 0.261 e. The van der Waals surface area contributed by atoms with Gasteiger partial charge >= 0.3 is 0 Å². The largest absolute Gasteiger partial charge is 0.483 e. The number of amides is 2. The van der Waals surface area contributed by atoms with Gasteiger partial charge in [-0.3, -0.25) is 9.59 Å². The predicted octanol–water partition coefficient (Wildman–Crippen LogP) is 5.38. The number of ether oxygens (including phenoxy) is 1. The second-order valence-corrected chi connectivity index (χ2v) is 8.84. The third kappa shape index (κ3) is 6.31. The van der Waals surface area contributed by atoms with Crippen LogP contribution < -0.4 is 10.1 Å². The summed E-state index contributed by atoms with van der Waals surface area (Å²) in [6, 6.07) is 19.6. The van der Waals surface area contributed by atoms with Crippen molar-refractivity contribution in [3.05, 3.63) is 99.0 Å². The van der Waals surface area contributed by atoms with Crippen molar-refractivity contribution in [3.8, 4) is 5.75 Å². The highest BCUT2D eigenvalue weighted by molar-refractivity contribution is 6.36. The SMILES string of the molecule is CNC(=O)[C@H](Cc1ccccc1)N(Cc1c(Cl)cccc1Cl)C(=O)COc1cccc(C)c1C. The number of nitrogens with one attached hydrogen (secondary N) is 1. The first-order valence-electron chi connectivity index (χ1n) is 11.0. The molecule has 7 heteroatoms. The topological polar surface area (TPSA) is 58.6 Å². The van der Waals surface area contributed by atoms with E-state index in [0.717, 1.165) is 16.7 Å². The van der Waals surface area contributed by atoms with E-state index >= 15 is 0 Å². The lowest BCUT2D eigenvalue weighted by molar-refractivity contribution is -0.142. The Morgan fingerprint density at radius 2 is 1.59 bits per heavy atom. The van der Waals surface area contributed by atoms with Crippen LogP contribution in [0.15, 0.2) is 66.7 Å². The molecule has 0 fully saturated rings. The number of carbonyl (C=O) groups excluding carboxylic acids is 2. The van der Waals surface area contributed by atoms with E-state index in [1.54, 1.807) is 25.2 Å². The van der Waals surface area contributed by atoms with Crippen LogP contribution in [0.2, 0.25) is 10.0 Å². The zero-order valence-electron chi connectivity index (χ0n) is 19.5. The monoisotopic (exact) mass is 498 g/mol. The lowest BCUT2D eigenvalue weighted by Crippen LogP contribution is -2.51. The van der Waals surface area contributed by atoms with Crippen LogP contribution in [0.25, 0.3) is 0 Å². The Balaban J connectivity index is 1.94. The van der Waals surface area contributed by atoms with E-state index in [4.69, 9.17) is 27.9 Å². The van der Waals surface area contributed by atoms with Gasteiger partial charge in [-0.25, -0.2) is 0 Å². The molecular formula is C27H28Cl2N2O3. The molecular weight excluding hydrogens is 471 g/mol. The van der Waals surface area contributed by atoms with Gasteiger partial charge in [-0.15, -0.1) is 0 Å². The fourth-order valence-electron chi connectivity index (χ4n) is 3.68. The molecule has 0 radical (unpaired) electrons. The number of hydrogen-bond donors (Lipinski definition) is 1. The molecule has 3 aromatic carbocycles. The fraction of sp³-hybridized carbons (Fsp3) is 0.259. The molecule has 3 aromatic rings. The summed E-state index contributed by atoms with van der Waals surface area (Å²) >= 11 is 12.8. The Labute approximate surface area is 210 Å². The average Bonchev–Trinajstić information content (AvgIpc) is 2.83. The van der Waals surface area contributed by atoms with E-state index in [9.17, 15) is 9.59 Å². The lowest BCUT2D eigenvalue weighted by atomic mass is 10.0. The number of rotatable bonds is 9. The highest BCUT2D eigenvalue weighted by Gasteiger charge is 2.31. The molecule has 0 saturated heterocycles. The molecule has 0 aliphatic heterocycles. The van der Waals surface area contributed by atoms with Crippen LogP contribution in [0.5, 0.6) is 5.75 Å². The number of likely N-dealkylation sites (N-methyl/N-ethyl adjacent to an activating group) is 1. The molecule has 0 spiro atoms. The highest BCUT2D eigenvalue weighted by atomic mass is 35.5. The van der Waals surface area contributed by atoms with Gasteiger partial charge in [0.05, 0.1) is 0 Å². The summed E-state index contributed by atoms with van der Waals surface area (Å²) in [7, 11) is 1.55. The fourth-order valence-corrected chi connectivity index (χ4v) is 4.19. The van der Waals surface area contributed by atoms with Gasteiger partial charge in [-0.1, -0.05) is 71.7 Å². The molecule has 2 amide bonds. The van der Waals surface area contributed by atoms with Gasteiger partial charge in [-0.2, -0.15) is 0 Å². The first-order chi connectivity index (χ1) is 16.3. The maximum atomic E-state index is 13.5. The molecule has 0 aliphatic rings. The highest BCUT2D eigenvalue weighted by Crippen LogP contribution is 2.27. The molecule has 178 valence electrons. The van der Waals surface area contributed by atoms with Crippen LogP contribution in [-0.2, 0) is 22.6 Å². The summed E-state index contributed by atoms with van der Waals surface area (Å²) in [5.74, 6) is -0.00262. The number of aryl methyl sites for hydroxylation is 1. The van der Waals surface area contributed by atoms with Crippen molar-refractivity contribution in [3.63, 3.8) is 0 Å². The van der Waals surface area contributed by atoms with E-state index < -0.39 is 6.04 Å². The molecule has 34 heavy (non-hydrogen) atoms. The summed E-state index contributed by atoms with van der Waals surface area (Å²) in [6.07, 6.45) is 0.331. The minimum atomic E-state index is -0.783. The quantitative estimate of drug-likeness (QED) is 0.431. The van der Waals surface area contributed by atoms with Crippen molar-refractivity contribution >= 4 is 35.0 Å². The minimum Gasteiger partial charge on any atom is -0.483 e. The van der Waals surface area contributed by atoms with Crippen molar-refractivity contribution in [2.75, 3.05) is 13.7 Å². The number of halogens is 2. The molecule has 3 rings (SSSR count). The predicted molar refractivity (Wildman–Crippen MR) is 136 cm³/mol. The molecule has 1 N–H and O–H groups in total. The van der Waals surface area contributed by atoms with Crippen LogP contribution in [0.4, 0.5) is 0 Å². The molecule has 0 aromatic heterocycles. The minimum absolute atomic E-state index is 0.0679. The number of hydrogen-bond acceptors (Lipinski definition) is 3. The van der Waals surface area contributed by atoms with Gasteiger partial charge in [0, 0.05) is 35.6 Å². The van der Waals surface area contributed by atoms with E-state index in [2.05, 4.69) is 5.32 Å². The van der Waals surface area contributed by atoms with E-state index in [1.165, 1.54) is 4.90 Å². The maximum absolute atomic E-state index is 13.5. The van der Waals surface area contributed by atoms with Crippen molar-refractivity contribution in [1.29, 1.82) is 0 Å². The van der Waals surface area contributed by atoms with Gasteiger partial charge in [-0.05, 0) is 48.7 Å². The van der Waals surface area contributed by atoms with Crippen LogP contribution in [0.1, 0.15) is 22.3 Å². The van der Waals surface area contributed by atoms with E-state index in [0.29, 0.717) is 27.8 Å². The summed E-state index contributed by atoms with van der Waals surface area (Å²) in [5, 5.41) is 3.54. The lowest BCUT2D eigenvalue weighted by Gasteiger charge is -2.31. The van der Waals surface area contributed by atoms with Crippen molar-refractivity contribution in [2.45, 2.75) is 32.9 Å². The summed E-state index contributed by atoms with van der Waals surface area (Å²) < 4.78 is 5.88. The third-order valence-electron chi connectivity index (χ3n) is 5.81. The standard InChI is InChI=1S/C27H28Cl2N2O3/c1-18-9-7-14-25(19(18)2)34-17-26(32)31(16-21-22(28)12-8-13-23(21)29)24(27(33)30-3)15-20-10-5-4-6-11-20/h4-14,24H,15-17H2,1-3H3,(H,30,33)/t24-/m0/s1. The van der Waals surface area contributed by atoms with Gasteiger partial charge in [0.15, 0.2) is 6.61 Å². The van der Waals surface area contributed by atoms with Gasteiger partial charge in [0.1, 0.15) is 11.8 Å². The van der Waals surface area contributed by atoms with Crippen LogP contribution in [0.3, 0.4) is 0 Å². The Morgan fingerprint density at radius 3 is 2.24 bits per heavy atom. The summed E-state index contributed by atoms with van der Waals surface area (Å²) in [6.45, 7) is 3.77. The normalized spacial score (nSPS) is 11.6. The molecule has 0 unspecified atom stereocenters. The number of carbonyl (C=O) groups is 2. The number of nitrogens with zero attached hydrogens (tertiary/aromatic N) is 1. The van der Waals surface area contributed by atoms with E-state index in [1.807, 2.05) is 62.4 Å². The molecule has 0 bridgehead atoms. The average molecular weight is 499 g/mol. The molecule has 5 nitrogen and oxygen atoms in total. The van der Waals surface area contributed by atoms with Crippen molar-refractivity contribution in [1.82, 2.24) is 10.2 Å². The van der Waals surface area contributed by atoms with Crippen molar-refractivity contribution < 1.29 is 14.3 Å². The van der Waals surface area contributed by atoms with Crippen LogP contribution >= 0.6 is 23.2 Å². The molecule has 0 heterocycles. The van der Waals surface area contributed by atoms with E-state index in [-0.39, 0.29) is 25.0 Å². The Bertz CT molecular complexity index is 1130. The second-order valence-electron chi connectivity index (χ2n) is 8.03. The first kappa shape index (κ1) is 25.6. The Kier molecular flexibility index (Phi) is 8.97. The zero-order valence-corrected chi connectivity index (χ0v) is 21.0. The molecule has 0 aliphatic carbocycles. The Hall–Kier alpha value is -3.02. The third-order valence-corrected chi connectivity index (χ3v) is 6.52. The second kappa shape index (κ2) is 11.9. The summed E-state index contributed by atoms with van der Waals surface area (Å²) in [4.78, 5) is 28.0. The van der Waals surface area contributed by atoms with Crippen molar-refractivity contribution in [2.24, 2.45) is 0 Å². The van der Waals surface area contributed by atoms with Crippen LogP contribution in [0, 0.1) is 13.8 Å².